The monoisotopic (exact) mass is 445 g/mol. The third kappa shape index (κ3) is 3.17. The highest BCUT2D eigenvalue weighted by molar-refractivity contribution is 9.11. The molecular formula is C13H10Br3N3. The quantitative estimate of drug-likeness (QED) is 0.641. The van der Waals surface area contributed by atoms with E-state index in [0.29, 0.717) is 5.92 Å². The second kappa shape index (κ2) is 5.50. The minimum atomic E-state index is 0.528. The van der Waals surface area contributed by atoms with Gasteiger partial charge in [-0.1, -0.05) is 6.07 Å². The average molecular weight is 448 g/mol. The molecule has 3 rings (SSSR count). The Morgan fingerprint density at radius 1 is 1.05 bits per heavy atom. The van der Waals surface area contributed by atoms with Gasteiger partial charge in [0.05, 0.1) is 5.69 Å². The number of nitrogens with one attached hydrogen (secondary N) is 1. The molecule has 2 aromatic rings. The second-order valence-electron chi connectivity index (χ2n) is 4.43. The zero-order valence-electron chi connectivity index (χ0n) is 9.83. The normalized spacial score (nSPS) is 14.5. The fourth-order valence-electron chi connectivity index (χ4n) is 1.77. The van der Waals surface area contributed by atoms with Crippen molar-refractivity contribution in [3.63, 3.8) is 0 Å². The molecule has 98 valence electrons. The van der Waals surface area contributed by atoms with Crippen molar-refractivity contribution < 1.29 is 0 Å². The van der Waals surface area contributed by atoms with Gasteiger partial charge in [0, 0.05) is 20.9 Å². The maximum atomic E-state index is 4.58. The highest BCUT2D eigenvalue weighted by Crippen LogP contribution is 2.39. The van der Waals surface area contributed by atoms with E-state index in [1.807, 2.05) is 24.3 Å². The van der Waals surface area contributed by atoms with Crippen LogP contribution in [0.4, 0.5) is 11.5 Å². The fraction of sp³-hybridized carbons (Fsp3) is 0.231. The van der Waals surface area contributed by atoms with Crippen molar-refractivity contribution >= 4 is 59.3 Å². The number of hydrogen-bond donors (Lipinski definition) is 1. The van der Waals surface area contributed by atoms with Crippen molar-refractivity contribution in [2.45, 2.75) is 18.8 Å². The zero-order valence-corrected chi connectivity index (χ0v) is 14.6. The van der Waals surface area contributed by atoms with Crippen molar-refractivity contribution in [1.29, 1.82) is 0 Å². The van der Waals surface area contributed by atoms with Gasteiger partial charge in [-0.2, -0.15) is 0 Å². The van der Waals surface area contributed by atoms with Crippen LogP contribution in [0.15, 0.2) is 37.8 Å². The van der Waals surface area contributed by atoms with Crippen molar-refractivity contribution in [1.82, 2.24) is 9.97 Å². The molecule has 1 fully saturated rings. The first-order chi connectivity index (χ1) is 9.13. The van der Waals surface area contributed by atoms with Crippen LogP contribution in [-0.2, 0) is 0 Å². The predicted octanol–water partition coefficient (Wildman–Crippen LogP) is 5.39. The van der Waals surface area contributed by atoms with E-state index in [9.17, 15) is 0 Å². The molecule has 19 heavy (non-hydrogen) atoms. The summed E-state index contributed by atoms with van der Waals surface area (Å²) in [6, 6.07) is 7.85. The number of rotatable bonds is 3. The predicted molar refractivity (Wildman–Crippen MR) is 86.8 cm³/mol. The van der Waals surface area contributed by atoms with Gasteiger partial charge in [0.15, 0.2) is 0 Å². The number of halogens is 3. The lowest BCUT2D eigenvalue weighted by molar-refractivity contribution is 0.919. The van der Waals surface area contributed by atoms with Crippen molar-refractivity contribution in [3.8, 4) is 0 Å². The van der Waals surface area contributed by atoms with E-state index in [1.165, 1.54) is 12.8 Å². The number of nitrogens with zero attached hydrogens (tertiary/aromatic N) is 2. The average Bonchev–Trinajstić information content (AvgIpc) is 3.17. The van der Waals surface area contributed by atoms with Gasteiger partial charge in [-0.25, -0.2) is 9.97 Å². The van der Waals surface area contributed by atoms with Gasteiger partial charge < -0.3 is 5.32 Å². The van der Waals surface area contributed by atoms with Gasteiger partial charge in [-0.3, -0.25) is 0 Å². The van der Waals surface area contributed by atoms with Gasteiger partial charge >= 0.3 is 0 Å². The topological polar surface area (TPSA) is 37.8 Å². The molecule has 1 aromatic heterocycles. The summed E-state index contributed by atoms with van der Waals surface area (Å²) in [7, 11) is 0. The number of aromatic nitrogens is 2. The lowest BCUT2D eigenvalue weighted by Crippen LogP contribution is -2.00. The van der Waals surface area contributed by atoms with Crippen LogP contribution in [0, 0.1) is 0 Å². The van der Waals surface area contributed by atoms with Gasteiger partial charge in [-0.15, -0.1) is 0 Å². The molecule has 0 radical (unpaired) electrons. The van der Waals surface area contributed by atoms with E-state index >= 15 is 0 Å². The smallest absolute Gasteiger partial charge is 0.135 e. The lowest BCUT2D eigenvalue weighted by Gasteiger charge is -2.11. The summed E-state index contributed by atoms with van der Waals surface area (Å²) in [5.41, 5.74) is 0.967. The van der Waals surface area contributed by atoms with E-state index < -0.39 is 0 Å². The Bertz CT molecular complexity index is 606. The Kier molecular flexibility index (Phi) is 3.91. The van der Waals surface area contributed by atoms with Crippen molar-refractivity contribution in [2.24, 2.45) is 0 Å². The fourth-order valence-corrected chi connectivity index (χ4v) is 3.36. The SMILES string of the molecule is Brc1cc(Nc2c(Br)cccc2Br)nc(C2CC2)n1. The number of hydrogen-bond acceptors (Lipinski definition) is 3. The third-order valence-corrected chi connectivity index (χ3v) is 4.60. The number of anilines is 2. The van der Waals surface area contributed by atoms with Crippen LogP contribution in [0.2, 0.25) is 0 Å². The van der Waals surface area contributed by atoms with E-state index in [4.69, 9.17) is 0 Å². The van der Waals surface area contributed by atoms with Gasteiger partial charge in [-0.05, 0) is 72.8 Å². The Hall–Kier alpha value is -0.460. The largest absolute Gasteiger partial charge is 0.338 e. The van der Waals surface area contributed by atoms with Crippen LogP contribution in [0.3, 0.4) is 0 Å². The maximum Gasteiger partial charge on any atom is 0.135 e. The van der Waals surface area contributed by atoms with Crippen LogP contribution in [-0.4, -0.2) is 9.97 Å². The Morgan fingerprint density at radius 2 is 1.74 bits per heavy atom. The lowest BCUT2D eigenvalue weighted by atomic mass is 10.3. The standard InChI is InChI=1S/C13H10Br3N3/c14-8-2-1-3-9(15)12(8)18-11-6-10(16)17-13(19-11)7-4-5-7/h1-3,6-7H,4-5H2,(H,17,18,19). The van der Waals surface area contributed by atoms with Gasteiger partial charge in [0.2, 0.25) is 0 Å². The summed E-state index contributed by atoms with van der Waals surface area (Å²) in [6.45, 7) is 0. The first-order valence-electron chi connectivity index (χ1n) is 5.89. The zero-order chi connectivity index (χ0) is 13.4. The van der Waals surface area contributed by atoms with Crippen molar-refractivity contribution in [3.05, 3.63) is 43.6 Å². The molecule has 1 aromatic carbocycles. The molecular weight excluding hydrogens is 438 g/mol. The first kappa shape index (κ1) is 13.5. The summed E-state index contributed by atoms with van der Waals surface area (Å²) < 4.78 is 2.80. The molecule has 0 amide bonds. The molecule has 0 spiro atoms. The van der Waals surface area contributed by atoms with Crippen LogP contribution >= 0.6 is 47.8 Å². The molecule has 1 saturated carbocycles. The minimum Gasteiger partial charge on any atom is -0.338 e. The molecule has 0 bridgehead atoms. The van der Waals surface area contributed by atoms with Crippen LogP contribution in [0.5, 0.6) is 0 Å². The number of para-hydroxylation sites is 1. The summed E-state index contributed by atoms with van der Waals surface area (Å²) >= 11 is 10.5. The van der Waals surface area contributed by atoms with E-state index in [-0.39, 0.29) is 0 Å². The summed E-state index contributed by atoms with van der Waals surface area (Å²) in [5, 5.41) is 3.33. The molecule has 1 aliphatic rings. The third-order valence-electron chi connectivity index (χ3n) is 2.87. The molecule has 0 aliphatic heterocycles. The highest BCUT2D eigenvalue weighted by Gasteiger charge is 2.27. The van der Waals surface area contributed by atoms with E-state index in [1.54, 1.807) is 0 Å². The van der Waals surface area contributed by atoms with Crippen LogP contribution in [0.25, 0.3) is 0 Å². The summed E-state index contributed by atoms with van der Waals surface area (Å²) in [4.78, 5) is 9.00. The van der Waals surface area contributed by atoms with E-state index in [2.05, 4.69) is 63.1 Å². The first-order valence-corrected chi connectivity index (χ1v) is 8.27. The highest BCUT2D eigenvalue weighted by atomic mass is 79.9. The molecule has 1 heterocycles. The minimum absolute atomic E-state index is 0.528. The van der Waals surface area contributed by atoms with Crippen molar-refractivity contribution in [2.75, 3.05) is 5.32 Å². The summed E-state index contributed by atoms with van der Waals surface area (Å²) in [5.74, 6) is 2.25. The van der Waals surface area contributed by atoms with Crippen LogP contribution < -0.4 is 5.32 Å². The Balaban J connectivity index is 1.94. The molecule has 0 unspecified atom stereocenters. The molecule has 0 atom stereocenters. The van der Waals surface area contributed by atoms with Gasteiger partial charge in [0.25, 0.3) is 0 Å². The molecule has 3 nitrogen and oxygen atoms in total. The van der Waals surface area contributed by atoms with E-state index in [0.717, 1.165) is 30.9 Å². The van der Waals surface area contributed by atoms with Gasteiger partial charge in [0.1, 0.15) is 16.2 Å². The molecule has 1 N–H and O–H groups in total. The molecule has 0 saturated heterocycles. The second-order valence-corrected chi connectivity index (χ2v) is 6.95. The van der Waals surface area contributed by atoms with Crippen LogP contribution in [0.1, 0.15) is 24.6 Å². The molecule has 1 aliphatic carbocycles. The number of benzene rings is 1. The Morgan fingerprint density at radius 3 is 2.37 bits per heavy atom. The Labute approximate surface area is 136 Å². The summed E-state index contributed by atoms with van der Waals surface area (Å²) in [6.07, 6.45) is 2.38. The molecule has 6 heteroatoms. The maximum absolute atomic E-state index is 4.58.